The average molecular weight is 301 g/mol. The molecule has 0 bridgehead atoms. The molecule has 0 atom stereocenters. The quantitative estimate of drug-likeness (QED) is 0.642. The maximum atomic E-state index is 12.3. The van der Waals surface area contributed by atoms with E-state index < -0.39 is 0 Å². The van der Waals surface area contributed by atoms with Gasteiger partial charge in [-0.1, -0.05) is 12.5 Å². The van der Waals surface area contributed by atoms with E-state index in [4.69, 9.17) is 0 Å². The molecule has 2 aromatic rings. The fourth-order valence-corrected chi connectivity index (χ4v) is 3.86. The molecular formula is C17H19NO2S. The lowest BCUT2D eigenvalue weighted by Gasteiger charge is -2.06. The average Bonchev–Trinajstić information content (AvgIpc) is 2.73. The number of phenols is 1. The molecule has 0 unspecified atom stereocenters. The molecule has 2 N–H and O–H groups in total. The lowest BCUT2D eigenvalue weighted by Crippen LogP contribution is -2.10. The third kappa shape index (κ3) is 3.10. The molecule has 3 rings (SSSR count). The summed E-state index contributed by atoms with van der Waals surface area (Å²) in [5.74, 6) is -0.0197. The minimum absolute atomic E-state index is 0.112. The number of carbonyl (C=O) groups excluding carboxylic acids is 1. The zero-order chi connectivity index (χ0) is 14.8. The molecule has 0 saturated carbocycles. The van der Waals surface area contributed by atoms with Crippen molar-refractivity contribution in [2.24, 2.45) is 0 Å². The van der Waals surface area contributed by atoms with Gasteiger partial charge in [-0.05, 0) is 61.9 Å². The molecule has 0 saturated heterocycles. The number of amides is 1. The standard InChI is InChI=1S/C17H19NO2S/c1-11-7-8-13(14(19)9-11)18-17(20)16-10-12-5-3-2-4-6-15(12)21-16/h7-10,19H,2-6H2,1H3,(H,18,20). The van der Waals surface area contributed by atoms with Crippen molar-refractivity contribution in [3.63, 3.8) is 0 Å². The van der Waals surface area contributed by atoms with E-state index in [0.29, 0.717) is 5.69 Å². The number of hydrogen-bond acceptors (Lipinski definition) is 3. The van der Waals surface area contributed by atoms with E-state index >= 15 is 0 Å². The van der Waals surface area contributed by atoms with Gasteiger partial charge in [-0.15, -0.1) is 11.3 Å². The van der Waals surface area contributed by atoms with Crippen LogP contribution >= 0.6 is 11.3 Å². The Morgan fingerprint density at radius 3 is 2.81 bits per heavy atom. The molecule has 4 heteroatoms. The largest absolute Gasteiger partial charge is 0.506 e. The first-order chi connectivity index (χ1) is 10.1. The second-order valence-electron chi connectivity index (χ2n) is 5.59. The smallest absolute Gasteiger partial charge is 0.265 e. The number of phenolic OH excluding ortho intramolecular Hbond substituents is 1. The summed E-state index contributed by atoms with van der Waals surface area (Å²) in [5.41, 5.74) is 2.76. The highest BCUT2D eigenvalue weighted by atomic mass is 32.1. The predicted molar refractivity (Wildman–Crippen MR) is 86.4 cm³/mol. The zero-order valence-electron chi connectivity index (χ0n) is 12.1. The molecule has 110 valence electrons. The van der Waals surface area contributed by atoms with Crippen molar-refractivity contribution in [1.29, 1.82) is 0 Å². The molecule has 0 aliphatic heterocycles. The lowest BCUT2D eigenvalue weighted by atomic mass is 10.1. The van der Waals surface area contributed by atoms with Crippen LogP contribution in [0.2, 0.25) is 0 Å². The Morgan fingerprint density at radius 2 is 2.00 bits per heavy atom. The minimum Gasteiger partial charge on any atom is -0.506 e. The van der Waals surface area contributed by atoms with Gasteiger partial charge in [0.25, 0.3) is 5.91 Å². The number of thiophene rings is 1. The van der Waals surface area contributed by atoms with Gasteiger partial charge >= 0.3 is 0 Å². The molecule has 3 nitrogen and oxygen atoms in total. The first-order valence-electron chi connectivity index (χ1n) is 7.36. The number of benzene rings is 1. The SMILES string of the molecule is Cc1ccc(NC(=O)c2cc3c(s2)CCCCC3)c(O)c1. The van der Waals surface area contributed by atoms with E-state index in [1.807, 2.05) is 19.1 Å². The number of aromatic hydroxyl groups is 1. The van der Waals surface area contributed by atoms with Crippen molar-refractivity contribution in [3.8, 4) is 5.75 Å². The van der Waals surface area contributed by atoms with Gasteiger partial charge in [0, 0.05) is 4.88 Å². The number of rotatable bonds is 2. The number of fused-ring (bicyclic) bond motifs is 1. The third-order valence-electron chi connectivity index (χ3n) is 3.87. The van der Waals surface area contributed by atoms with Gasteiger partial charge in [0.05, 0.1) is 10.6 Å². The summed E-state index contributed by atoms with van der Waals surface area (Å²) in [5, 5.41) is 12.7. The van der Waals surface area contributed by atoms with Crippen molar-refractivity contribution in [3.05, 3.63) is 45.1 Å². The third-order valence-corrected chi connectivity index (χ3v) is 5.11. The van der Waals surface area contributed by atoms with Gasteiger partial charge in [0.2, 0.25) is 0 Å². The van der Waals surface area contributed by atoms with Crippen LogP contribution in [0.3, 0.4) is 0 Å². The molecule has 0 radical (unpaired) electrons. The Bertz CT molecular complexity index is 652. The Kier molecular flexibility index (Phi) is 3.97. The van der Waals surface area contributed by atoms with E-state index in [-0.39, 0.29) is 11.7 Å². The lowest BCUT2D eigenvalue weighted by molar-refractivity contribution is 0.103. The second kappa shape index (κ2) is 5.90. The molecule has 1 aromatic carbocycles. The van der Waals surface area contributed by atoms with Crippen molar-refractivity contribution in [1.82, 2.24) is 0 Å². The first-order valence-corrected chi connectivity index (χ1v) is 8.17. The van der Waals surface area contributed by atoms with E-state index in [2.05, 4.69) is 5.32 Å². The van der Waals surface area contributed by atoms with Crippen LogP contribution in [0.25, 0.3) is 0 Å². The summed E-state index contributed by atoms with van der Waals surface area (Å²) >= 11 is 1.59. The highest BCUT2D eigenvalue weighted by Crippen LogP contribution is 2.30. The Hall–Kier alpha value is -1.81. The summed E-state index contributed by atoms with van der Waals surface area (Å²) in [6.45, 7) is 1.90. The van der Waals surface area contributed by atoms with Gasteiger partial charge < -0.3 is 10.4 Å². The molecule has 1 aromatic heterocycles. The number of nitrogens with one attached hydrogen (secondary N) is 1. The highest BCUT2D eigenvalue weighted by Gasteiger charge is 2.17. The molecule has 21 heavy (non-hydrogen) atoms. The molecule has 0 fully saturated rings. The van der Waals surface area contributed by atoms with E-state index in [1.165, 1.54) is 29.7 Å². The highest BCUT2D eigenvalue weighted by molar-refractivity contribution is 7.14. The number of anilines is 1. The van der Waals surface area contributed by atoms with Gasteiger partial charge in [-0.3, -0.25) is 4.79 Å². The summed E-state index contributed by atoms with van der Waals surface area (Å²) in [6.07, 6.45) is 5.87. The van der Waals surface area contributed by atoms with Gasteiger partial charge in [0.15, 0.2) is 0 Å². The van der Waals surface area contributed by atoms with Crippen LogP contribution in [0.1, 0.15) is 44.9 Å². The van der Waals surface area contributed by atoms with Gasteiger partial charge in [-0.2, -0.15) is 0 Å². The molecule has 1 heterocycles. The van der Waals surface area contributed by atoms with E-state index in [0.717, 1.165) is 23.3 Å². The molecule has 0 spiro atoms. The molecule has 1 amide bonds. The van der Waals surface area contributed by atoms with E-state index in [9.17, 15) is 9.90 Å². The van der Waals surface area contributed by atoms with Crippen LogP contribution in [0.5, 0.6) is 5.75 Å². The van der Waals surface area contributed by atoms with Crippen LogP contribution in [0.4, 0.5) is 5.69 Å². The molecule has 1 aliphatic carbocycles. The number of carbonyl (C=O) groups is 1. The fraction of sp³-hybridized carbons (Fsp3) is 0.353. The Balaban J connectivity index is 1.79. The summed E-state index contributed by atoms with van der Waals surface area (Å²) in [4.78, 5) is 14.4. The number of hydrogen-bond donors (Lipinski definition) is 2. The van der Waals surface area contributed by atoms with Gasteiger partial charge in [0.1, 0.15) is 5.75 Å². The zero-order valence-corrected chi connectivity index (χ0v) is 12.9. The summed E-state index contributed by atoms with van der Waals surface area (Å²) in [6, 6.07) is 7.28. The van der Waals surface area contributed by atoms with Crippen LogP contribution in [-0.4, -0.2) is 11.0 Å². The first kappa shape index (κ1) is 14.1. The van der Waals surface area contributed by atoms with Crippen LogP contribution in [0, 0.1) is 6.92 Å². The fourth-order valence-electron chi connectivity index (χ4n) is 2.71. The molecular weight excluding hydrogens is 282 g/mol. The maximum absolute atomic E-state index is 12.3. The maximum Gasteiger partial charge on any atom is 0.265 e. The monoisotopic (exact) mass is 301 g/mol. The van der Waals surface area contributed by atoms with Crippen molar-refractivity contribution in [2.45, 2.75) is 39.0 Å². The number of aryl methyl sites for hydroxylation is 3. The van der Waals surface area contributed by atoms with Gasteiger partial charge in [-0.25, -0.2) is 0 Å². The van der Waals surface area contributed by atoms with Crippen molar-refractivity contribution < 1.29 is 9.90 Å². The van der Waals surface area contributed by atoms with E-state index in [1.54, 1.807) is 23.5 Å². The molecule has 1 aliphatic rings. The summed E-state index contributed by atoms with van der Waals surface area (Å²) in [7, 11) is 0. The summed E-state index contributed by atoms with van der Waals surface area (Å²) < 4.78 is 0. The minimum atomic E-state index is -0.132. The van der Waals surface area contributed by atoms with Crippen molar-refractivity contribution in [2.75, 3.05) is 5.32 Å². The Labute approximate surface area is 128 Å². The topological polar surface area (TPSA) is 49.3 Å². The Morgan fingerprint density at radius 1 is 1.19 bits per heavy atom. The van der Waals surface area contributed by atoms with Crippen molar-refractivity contribution >= 4 is 22.9 Å². The van der Waals surface area contributed by atoms with Crippen LogP contribution in [-0.2, 0) is 12.8 Å². The normalized spacial score (nSPS) is 14.3. The predicted octanol–water partition coefficient (Wildman–Crippen LogP) is 4.28. The van der Waals surface area contributed by atoms with Crippen LogP contribution < -0.4 is 5.32 Å². The second-order valence-corrected chi connectivity index (χ2v) is 6.73. The van der Waals surface area contributed by atoms with Crippen LogP contribution in [0.15, 0.2) is 24.3 Å².